The van der Waals surface area contributed by atoms with Crippen LogP contribution in [0.15, 0.2) is 48.5 Å². The van der Waals surface area contributed by atoms with Gasteiger partial charge in [0.2, 0.25) is 0 Å². The van der Waals surface area contributed by atoms with E-state index in [-0.39, 0.29) is 5.52 Å². The van der Waals surface area contributed by atoms with Crippen LogP contribution in [0.5, 0.6) is 5.75 Å². The number of rotatable bonds is 4. The van der Waals surface area contributed by atoms with Crippen molar-refractivity contribution in [3.8, 4) is 17.0 Å². The molecule has 1 aromatic heterocycles. The molecule has 0 amide bonds. The van der Waals surface area contributed by atoms with Gasteiger partial charge in [-0.15, -0.1) is 0 Å². The van der Waals surface area contributed by atoms with Gasteiger partial charge in [0.25, 0.3) is 0 Å². The van der Waals surface area contributed by atoms with Crippen LogP contribution in [0.1, 0.15) is 33.4 Å². The third-order valence-corrected chi connectivity index (χ3v) is 5.91. The first-order valence-corrected chi connectivity index (χ1v) is 10.4. The van der Waals surface area contributed by atoms with Gasteiger partial charge in [0, 0.05) is 10.9 Å². The molecule has 0 spiro atoms. The molecule has 4 rings (SSSR count). The fourth-order valence-electron chi connectivity index (χ4n) is 4.42. The topological polar surface area (TPSA) is 27.1 Å². The molecule has 0 aliphatic heterocycles. The van der Waals surface area contributed by atoms with Crippen molar-refractivity contribution in [1.29, 1.82) is 0 Å². The lowest BCUT2D eigenvalue weighted by atomic mass is 9.98. The van der Waals surface area contributed by atoms with E-state index in [1.54, 1.807) is 17.9 Å². The van der Waals surface area contributed by atoms with E-state index in [4.69, 9.17) is 4.74 Å². The largest absolute Gasteiger partial charge is 0.497 e. The Hall–Kier alpha value is -3.28. The number of fused-ring (bicyclic) bond motifs is 1. The summed E-state index contributed by atoms with van der Waals surface area (Å²) in [5.41, 5.74) is 6.05. The van der Waals surface area contributed by atoms with E-state index >= 15 is 0 Å². The van der Waals surface area contributed by atoms with Crippen molar-refractivity contribution < 1.29 is 17.9 Å². The molecule has 0 unspecified atom stereocenters. The maximum Gasteiger partial charge on any atom is 0.418 e. The van der Waals surface area contributed by atoms with Gasteiger partial charge >= 0.3 is 6.18 Å². The van der Waals surface area contributed by atoms with Crippen molar-refractivity contribution in [2.75, 3.05) is 7.11 Å². The lowest BCUT2D eigenvalue weighted by Crippen LogP contribution is -2.08. The highest BCUT2D eigenvalue weighted by Crippen LogP contribution is 2.39. The quantitative estimate of drug-likeness (QED) is 0.343. The van der Waals surface area contributed by atoms with Crippen molar-refractivity contribution in [3.05, 3.63) is 81.9 Å². The molecular formula is C26H25F3N2O. The minimum absolute atomic E-state index is 0.0346. The molecule has 1 heterocycles. The first-order valence-electron chi connectivity index (χ1n) is 10.4. The molecular weight excluding hydrogens is 413 g/mol. The SMILES string of the molecule is COc1ccc(-c2c3cccc(C(F)(F)F)c3nn2Cc2c(C)cc(C)cc2C)c(C)c1. The predicted octanol–water partition coefficient (Wildman–Crippen LogP) is 7.01. The van der Waals surface area contributed by atoms with E-state index in [0.717, 1.165) is 39.4 Å². The smallest absolute Gasteiger partial charge is 0.418 e. The van der Waals surface area contributed by atoms with E-state index in [9.17, 15) is 13.2 Å². The van der Waals surface area contributed by atoms with E-state index in [1.807, 2.05) is 45.9 Å². The normalized spacial score (nSPS) is 11.9. The van der Waals surface area contributed by atoms with Crippen molar-refractivity contribution in [2.45, 2.75) is 40.4 Å². The number of nitrogens with zero attached hydrogens (tertiary/aromatic N) is 2. The zero-order valence-corrected chi connectivity index (χ0v) is 18.8. The van der Waals surface area contributed by atoms with Gasteiger partial charge in [0.1, 0.15) is 11.3 Å². The molecule has 0 bridgehead atoms. The Labute approximate surface area is 185 Å². The molecule has 0 aliphatic carbocycles. The van der Waals surface area contributed by atoms with Crippen LogP contribution in [0.3, 0.4) is 0 Å². The fraction of sp³-hybridized carbons (Fsp3) is 0.269. The molecule has 0 N–H and O–H groups in total. The second-order valence-electron chi connectivity index (χ2n) is 8.26. The standard InChI is InChI=1S/C26H25F3N2O/c1-15-11-16(2)22(17(3)12-15)14-31-25(20-10-9-19(32-5)13-18(20)4)21-7-6-8-23(24(21)30-31)26(27,28)29/h6-13H,14H2,1-5H3. The number of ether oxygens (including phenoxy) is 1. The molecule has 32 heavy (non-hydrogen) atoms. The Kier molecular flexibility index (Phi) is 5.49. The molecule has 0 saturated heterocycles. The van der Waals surface area contributed by atoms with Gasteiger partial charge in [0.05, 0.1) is 24.9 Å². The van der Waals surface area contributed by atoms with Gasteiger partial charge in [-0.3, -0.25) is 4.68 Å². The first-order chi connectivity index (χ1) is 15.1. The predicted molar refractivity (Wildman–Crippen MR) is 121 cm³/mol. The second kappa shape index (κ2) is 8.01. The number of hydrogen-bond acceptors (Lipinski definition) is 2. The number of aryl methyl sites for hydroxylation is 4. The summed E-state index contributed by atoms with van der Waals surface area (Å²) in [4.78, 5) is 0. The summed E-state index contributed by atoms with van der Waals surface area (Å²) in [7, 11) is 1.59. The highest BCUT2D eigenvalue weighted by molar-refractivity contribution is 5.96. The van der Waals surface area contributed by atoms with Crippen LogP contribution in [0, 0.1) is 27.7 Å². The molecule has 6 heteroatoms. The van der Waals surface area contributed by atoms with Gasteiger partial charge in [-0.05, 0) is 74.2 Å². The number of hydrogen-bond donors (Lipinski definition) is 0. The monoisotopic (exact) mass is 438 g/mol. The van der Waals surface area contributed by atoms with Crippen LogP contribution < -0.4 is 4.74 Å². The zero-order chi connectivity index (χ0) is 23.2. The molecule has 3 nitrogen and oxygen atoms in total. The highest BCUT2D eigenvalue weighted by Gasteiger charge is 2.34. The molecule has 0 fully saturated rings. The van der Waals surface area contributed by atoms with Gasteiger partial charge in [-0.25, -0.2) is 0 Å². The zero-order valence-electron chi connectivity index (χ0n) is 18.8. The van der Waals surface area contributed by atoms with Crippen LogP contribution >= 0.6 is 0 Å². The first kappa shape index (κ1) is 21.9. The van der Waals surface area contributed by atoms with Crippen molar-refractivity contribution >= 4 is 10.9 Å². The van der Waals surface area contributed by atoms with Crippen molar-refractivity contribution in [3.63, 3.8) is 0 Å². The van der Waals surface area contributed by atoms with Crippen LogP contribution in [-0.4, -0.2) is 16.9 Å². The third-order valence-electron chi connectivity index (χ3n) is 5.91. The van der Waals surface area contributed by atoms with E-state index in [1.165, 1.54) is 6.07 Å². The Morgan fingerprint density at radius 1 is 0.906 bits per heavy atom. The van der Waals surface area contributed by atoms with Crippen LogP contribution in [0.25, 0.3) is 22.2 Å². The average molecular weight is 438 g/mol. The van der Waals surface area contributed by atoms with Crippen LogP contribution in [0.2, 0.25) is 0 Å². The Bertz CT molecular complexity index is 1300. The summed E-state index contributed by atoms with van der Waals surface area (Å²) < 4.78 is 48.3. The molecule has 0 saturated carbocycles. The third kappa shape index (κ3) is 3.85. The summed E-state index contributed by atoms with van der Waals surface area (Å²) in [6.07, 6.45) is -4.49. The number of alkyl halides is 3. The Morgan fingerprint density at radius 2 is 1.59 bits per heavy atom. The van der Waals surface area contributed by atoms with Crippen LogP contribution in [0.4, 0.5) is 13.2 Å². The summed E-state index contributed by atoms with van der Waals surface area (Å²) >= 11 is 0. The molecule has 4 aromatic rings. The van der Waals surface area contributed by atoms with Crippen molar-refractivity contribution in [1.82, 2.24) is 9.78 Å². The fourth-order valence-corrected chi connectivity index (χ4v) is 4.42. The summed E-state index contributed by atoms with van der Waals surface area (Å²) in [6.45, 7) is 8.39. The Balaban J connectivity index is 2.01. The lowest BCUT2D eigenvalue weighted by Gasteiger charge is -2.15. The second-order valence-corrected chi connectivity index (χ2v) is 8.26. The lowest BCUT2D eigenvalue weighted by molar-refractivity contribution is -0.136. The number of methoxy groups -OCH3 is 1. The molecule has 0 atom stereocenters. The summed E-state index contributed by atoms with van der Waals surface area (Å²) in [6, 6.07) is 14.0. The summed E-state index contributed by atoms with van der Waals surface area (Å²) in [5, 5.41) is 4.99. The molecule has 3 aromatic carbocycles. The number of halogens is 3. The number of benzene rings is 3. The molecule has 0 aliphatic rings. The minimum atomic E-state index is -4.49. The van der Waals surface area contributed by atoms with E-state index in [2.05, 4.69) is 17.2 Å². The van der Waals surface area contributed by atoms with Crippen molar-refractivity contribution in [2.24, 2.45) is 0 Å². The van der Waals surface area contributed by atoms with Gasteiger partial charge in [-0.2, -0.15) is 18.3 Å². The molecule has 0 radical (unpaired) electrons. The van der Waals surface area contributed by atoms with Gasteiger partial charge < -0.3 is 4.74 Å². The van der Waals surface area contributed by atoms with Gasteiger partial charge in [0.15, 0.2) is 0 Å². The minimum Gasteiger partial charge on any atom is -0.497 e. The van der Waals surface area contributed by atoms with Gasteiger partial charge in [-0.1, -0.05) is 29.8 Å². The maximum atomic E-state index is 13.8. The average Bonchev–Trinajstić information content (AvgIpc) is 3.07. The molecule has 166 valence electrons. The maximum absolute atomic E-state index is 13.8. The summed E-state index contributed by atoms with van der Waals surface area (Å²) in [5.74, 6) is 0.697. The highest BCUT2D eigenvalue weighted by atomic mass is 19.4. The Morgan fingerprint density at radius 3 is 2.19 bits per heavy atom. The number of aromatic nitrogens is 2. The van der Waals surface area contributed by atoms with E-state index < -0.39 is 11.7 Å². The van der Waals surface area contributed by atoms with Crippen LogP contribution in [-0.2, 0) is 12.7 Å². The van der Waals surface area contributed by atoms with E-state index in [0.29, 0.717) is 23.4 Å².